The molecule has 0 radical (unpaired) electrons. The summed E-state index contributed by atoms with van der Waals surface area (Å²) < 4.78 is 20.3. The Kier molecular flexibility index (Phi) is 7.29. The van der Waals surface area contributed by atoms with Crippen molar-refractivity contribution in [1.82, 2.24) is 9.55 Å². The van der Waals surface area contributed by atoms with E-state index in [0.29, 0.717) is 29.4 Å². The third-order valence-corrected chi connectivity index (χ3v) is 5.98. The van der Waals surface area contributed by atoms with Crippen molar-refractivity contribution in [2.45, 2.75) is 49.1 Å². The number of aromatic nitrogens is 2. The number of alkyl halides is 1. The van der Waals surface area contributed by atoms with Crippen LogP contribution in [-0.4, -0.2) is 37.5 Å². The summed E-state index contributed by atoms with van der Waals surface area (Å²) >= 11 is 8.06. The molecule has 0 saturated heterocycles. The highest BCUT2D eigenvalue weighted by Crippen LogP contribution is 2.37. The van der Waals surface area contributed by atoms with Gasteiger partial charge in [-0.3, -0.25) is 9.36 Å². The molecule has 1 aliphatic carbocycles. The fourth-order valence-corrected chi connectivity index (χ4v) is 4.23. The number of allylic oxidation sites excluding steroid dienone is 4. The quantitative estimate of drug-likeness (QED) is 0.455. The molecule has 2 aromatic rings. The van der Waals surface area contributed by atoms with E-state index in [9.17, 15) is 14.3 Å². The summed E-state index contributed by atoms with van der Waals surface area (Å²) in [4.78, 5) is 16.4. The number of aliphatic hydroxyl groups is 1. The van der Waals surface area contributed by atoms with Crippen LogP contribution in [0, 0.1) is 5.82 Å². The highest BCUT2D eigenvalue weighted by atomic mass is 35.5. The molecule has 1 aromatic heterocycles. The molecule has 5 nitrogen and oxygen atoms in total. The highest BCUT2D eigenvalue weighted by molar-refractivity contribution is 7.99. The maximum Gasteiger partial charge on any atom is 0.287 e. The molecule has 0 aliphatic heterocycles. The molecule has 31 heavy (non-hydrogen) atoms. The van der Waals surface area contributed by atoms with Gasteiger partial charge in [0.15, 0.2) is 5.03 Å². The number of hydrogen-bond donors (Lipinski definition) is 1. The second-order valence-corrected chi connectivity index (χ2v) is 10.2. The van der Waals surface area contributed by atoms with E-state index in [1.165, 1.54) is 23.9 Å². The predicted molar refractivity (Wildman–Crippen MR) is 123 cm³/mol. The minimum absolute atomic E-state index is 0.119. The van der Waals surface area contributed by atoms with Crippen LogP contribution in [0.25, 0.3) is 5.70 Å². The van der Waals surface area contributed by atoms with Crippen molar-refractivity contribution in [2.24, 2.45) is 0 Å². The van der Waals surface area contributed by atoms with Crippen molar-refractivity contribution in [1.29, 1.82) is 0 Å². The number of hydrogen-bond acceptors (Lipinski definition) is 5. The fraction of sp³-hybridized carbons (Fsp3) is 0.391. The molecular formula is C23H26ClFN2O3S. The summed E-state index contributed by atoms with van der Waals surface area (Å²) in [6.07, 6.45) is 7.85. The summed E-state index contributed by atoms with van der Waals surface area (Å²) in [5.41, 5.74) is 0.558. The minimum Gasteiger partial charge on any atom is -0.493 e. The van der Waals surface area contributed by atoms with E-state index in [-0.39, 0.29) is 18.0 Å². The van der Waals surface area contributed by atoms with E-state index in [4.69, 9.17) is 16.3 Å². The van der Waals surface area contributed by atoms with Gasteiger partial charge in [-0.05, 0) is 57.0 Å². The Balaban J connectivity index is 1.73. The third-order valence-electron chi connectivity index (χ3n) is 4.70. The number of halogens is 2. The van der Waals surface area contributed by atoms with Gasteiger partial charge >= 0.3 is 0 Å². The van der Waals surface area contributed by atoms with Crippen LogP contribution in [-0.2, 0) is 11.2 Å². The molecule has 1 heterocycles. The van der Waals surface area contributed by atoms with E-state index < -0.39 is 10.5 Å². The number of thioether (sulfide) groups is 1. The first kappa shape index (κ1) is 23.6. The lowest BCUT2D eigenvalue weighted by molar-refractivity contribution is -0.00152. The number of rotatable bonds is 8. The SMILES string of the molecule is CC(C)(O)COC1=CC=C(n2ccnc(SCCc3ccc(F)cc3)c2=O)CC1(C)Cl. The van der Waals surface area contributed by atoms with Gasteiger partial charge in [0.25, 0.3) is 5.56 Å². The van der Waals surface area contributed by atoms with Gasteiger partial charge in [0.2, 0.25) is 0 Å². The Morgan fingerprint density at radius 1 is 1.32 bits per heavy atom. The van der Waals surface area contributed by atoms with E-state index in [1.807, 2.05) is 6.92 Å². The molecule has 0 fully saturated rings. The monoisotopic (exact) mass is 464 g/mol. The zero-order valence-electron chi connectivity index (χ0n) is 17.8. The second-order valence-electron chi connectivity index (χ2n) is 8.30. The lowest BCUT2D eigenvalue weighted by Crippen LogP contribution is -2.33. The Morgan fingerprint density at radius 2 is 2.03 bits per heavy atom. The molecule has 1 N–H and O–H groups in total. The lowest BCUT2D eigenvalue weighted by atomic mass is 9.96. The van der Waals surface area contributed by atoms with Crippen LogP contribution in [0.3, 0.4) is 0 Å². The molecule has 0 spiro atoms. The molecule has 1 unspecified atom stereocenters. The zero-order valence-corrected chi connectivity index (χ0v) is 19.3. The van der Waals surface area contributed by atoms with Crippen LogP contribution in [0.15, 0.2) is 64.4 Å². The Bertz CT molecular complexity index is 1040. The first-order valence-electron chi connectivity index (χ1n) is 9.96. The third kappa shape index (κ3) is 6.45. The van der Waals surface area contributed by atoms with Gasteiger partial charge in [-0.1, -0.05) is 12.1 Å². The van der Waals surface area contributed by atoms with E-state index >= 15 is 0 Å². The van der Waals surface area contributed by atoms with Crippen LogP contribution in [0.2, 0.25) is 0 Å². The molecule has 0 saturated carbocycles. The predicted octanol–water partition coefficient (Wildman–Crippen LogP) is 4.63. The molecule has 0 bridgehead atoms. The largest absolute Gasteiger partial charge is 0.493 e. The van der Waals surface area contributed by atoms with E-state index in [0.717, 1.165) is 11.3 Å². The average molecular weight is 465 g/mol. The van der Waals surface area contributed by atoms with Gasteiger partial charge in [-0.15, -0.1) is 23.4 Å². The smallest absolute Gasteiger partial charge is 0.287 e. The summed E-state index contributed by atoms with van der Waals surface area (Å²) in [6, 6.07) is 6.34. The first-order valence-corrected chi connectivity index (χ1v) is 11.3. The number of ether oxygens (including phenoxy) is 1. The average Bonchev–Trinajstić information content (AvgIpc) is 2.68. The van der Waals surface area contributed by atoms with Gasteiger partial charge in [0.1, 0.15) is 23.1 Å². The van der Waals surface area contributed by atoms with Crippen molar-refractivity contribution in [3.05, 3.63) is 76.3 Å². The zero-order chi connectivity index (χ0) is 22.6. The molecule has 8 heteroatoms. The van der Waals surface area contributed by atoms with Crippen LogP contribution in [0.5, 0.6) is 0 Å². The topological polar surface area (TPSA) is 64.3 Å². The first-order chi connectivity index (χ1) is 14.5. The molecule has 3 rings (SSSR count). The van der Waals surface area contributed by atoms with Crippen molar-refractivity contribution < 1.29 is 14.2 Å². The summed E-state index contributed by atoms with van der Waals surface area (Å²) in [5, 5.41) is 10.3. The van der Waals surface area contributed by atoms with Crippen molar-refractivity contribution in [2.75, 3.05) is 12.4 Å². The maximum absolute atomic E-state index is 13.0. The van der Waals surface area contributed by atoms with Crippen LogP contribution in [0.4, 0.5) is 4.39 Å². The van der Waals surface area contributed by atoms with Gasteiger partial charge < -0.3 is 9.84 Å². The van der Waals surface area contributed by atoms with Crippen LogP contribution < -0.4 is 5.56 Å². The van der Waals surface area contributed by atoms with Gasteiger partial charge in [0.05, 0.1) is 5.60 Å². The normalized spacial score (nSPS) is 19.0. The van der Waals surface area contributed by atoms with Gasteiger partial charge in [0, 0.05) is 30.3 Å². The highest BCUT2D eigenvalue weighted by Gasteiger charge is 2.33. The fourth-order valence-electron chi connectivity index (χ4n) is 3.09. The number of aryl methyl sites for hydroxylation is 1. The standard InChI is InChI=1S/C23H26ClFN2O3S/c1-22(2,29)15-30-19-9-8-18(14-23(19,3)24)27-12-11-26-20(21(27)28)31-13-10-16-4-6-17(25)7-5-16/h4-9,11-12,29H,10,13-15H2,1-3H3. The molecular weight excluding hydrogens is 439 g/mol. The summed E-state index contributed by atoms with van der Waals surface area (Å²) in [7, 11) is 0. The summed E-state index contributed by atoms with van der Waals surface area (Å²) in [5.74, 6) is 0.939. The molecule has 1 atom stereocenters. The molecule has 1 aliphatic rings. The van der Waals surface area contributed by atoms with E-state index in [2.05, 4.69) is 4.98 Å². The van der Waals surface area contributed by atoms with Gasteiger partial charge in [-0.25, -0.2) is 9.37 Å². The summed E-state index contributed by atoms with van der Waals surface area (Å²) in [6.45, 7) is 5.26. The van der Waals surface area contributed by atoms with E-state index in [1.54, 1.807) is 55.1 Å². The lowest BCUT2D eigenvalue weighted by Gasteiger charge is -2.31. The Morgan fingerprint density at radius 3 is 2.68 bits per heavy atom. The number of nitrogens with zero attached hydrogens (tertiary/aromatic N) is 2. The van der Waals surface area contributed by atoms with Gasteiger partial charge in [-0.2, -0.15) is 0 Å². The molecule has 0 amide bonds. The maximum atomic E-state index is 13.0. The van der Waals surface area contributed by atoms with Crippen LogP contribution in [0.1, 0.15) is 32.8 Å². The van der Waals surface area contributed by atoms with Crippen molar-refractivity contribution in [3.63, 3.8) is 0 Å². The van der Waals surface area contributed by atoms with Crippen molar-refractivity contribution >= 4 is 29.1 Å². The minimum atomic E-state index is -0.972. The molecule has 1 aromatic carbocycles. The van der Waals surface area contributed by atoms with Crippen molar-refractivity contribution in [3.8, 4) is 0 Å². The number of benzene rings is 1. The second kappa shape index (κ2) is 9.59. The Labute approximate surface area is 190 Å². The van der Waals surface area contributed by atoms with Crippen LogP contribution >= 0.6 is 23.4 Å². The Hall–Kier alpha value is -2.09. The molecule has 166 valence electrons.